The van der Waals surface area contributed by atoms with E-state index in [9.17, 15) is 4.79 Å². The van der Waals surface area contributed by atoms with Crippen LogP contribution in [0.3, 0.4) is 0 Å². The molecule has 3 nitrogen and oxygen atoms in total. The molecule has 0 unspecified atom stereocenters. The second-order valence-corrected chi connectivity index (χ2v) is 7.86. The average molecular weight is 373 g/mol. The number of halogens is 1. The van der Waals surface area contributed by atoms with Gasteiger partial charge in [0.2, 0.25) is 0 Å². The van der Waals surface area contributed by atoms with Gasteiger partial charge in [-0.25, -0.2) is 0 Å². The number of H-pyrrole nitrogens is 1. The van der Waals surface area contributed by atoms with Gasteiger partial charge in [-0.3, -0.25) is 9.36 Å². The molecule has 0 aliphatic heterocycles. The lowest BCUT2D eigenvalue weighted by Gasteiger charge is -2.05. The summed E-state index contributed by atoms with van der Waals surface area (Å²) in [5, 5.41) is 1.90. The fourth-order valence-electron chi connectivity index (χ4n) is 1.88. The molecule has 0 saturated heterocycles. The van der Waals surface area contributed by atoms with Crippen LogP contribution < -0.4 is 5.56 Å². The van der Waals surface area contributed by atoms with Gasteiger partial charge >= 0.3 is 0 Å². The van der Waals surface area contributed by atoms with Gasteiger partial charge in [-0.2, -0.15) is 0 Å². The van der Waals surface area contributed by atoms with E-state index in [2.05, 4.69) is 27.0 Å². The lowest BCUT2D eigenvalue weighted by atomic mass is 10.3. The van der Waals surface area contributed by atoms with Gasteiger partial charge in [0.15, 0.2) is 4.77 Å². The number of nitrogens with zero attached hydrogens (tertiary/aromatic N) is 1. The highest BCUT2D eigenvalue weighted by molar-refractivity contribution is 9.11. The lowest BCUT2D eigenvalue weighted by Crippen LogP contribution is -2.22. The van der Waals surface area contributed by atoms with E-state index in [1.807, 2.05) is 17.5 Å². The van der Waals surface area contributed by atoms with Crippen molar-refractivity contribution in [3.05, 3.63) is 47.4 Å². The Bertz CT molecular complexity index is 842. The highest BCUT2D eigenvalue weighted by Crippen LogP contribution is 2.22. The molecule has 0 fully saturated rings. The Morgan fingerprint density at radius 2 is 2.21 bits per heavy atom. The molecule has 0 aliphatic rings. The summed E-state index contributed by atoms with van der Waals surface area (Å²) in [5.41, 5.74) is 0.833. The maximum atomic E-state index is 12.3. The molecule has 7 heteroatoms. The number of hydrogen-bond donors (Lipinski definition) is 1. The van der Waals surface area contributed by atoms with E-state index in [4.69, 9.17) is 12.2 Å². The Morgan fingerprint density at radius 1 is 1.37 bits per heavy atom. The second-order valence-electron chi connectivity index (χ2n) is 4.01. The fraction of sp³-hybridized carbons (Fsp3) is 0.167. The first-order chi connectivity index (χ1) is 9.15. The van der Waals surface area contributed by atoms with Gasteiger partial charge in [0, 0.05) is 11.4 Å². The molecular weight excluding hydrogens is 364 g/mol. The maximum Gasteiger partial charge on any atom is 0.272 e. The third-order valence-electron chi connectivity index (χ3n) is 2.80. The van der Waals surface area contributed by atoms with E-state index in [1.54, 1.807) is 15.9 Å². The molecule has 0 bridgehead atoms. The standard InChI is InChI=1S/C12H9BrN2OS3/c13-9-2-1-7(19-9)3-5-15-11(16)10-8(4-6-18-10)14-12(15)17/h1-2,4,6H,3,5H2,(H,14,17). The average Bonchev–Trinajstić information content (AvgIpc) is 2.98. The van der Waals surface area contributed by atoms with E-state index in [-0.39, 0.29) is 5.56 Å². The SMILES string of the molecule is O=c1c2sccc2[nH]c(=S)n1CCc1ccc(Br)s1. The molecule has 0 atom stereocenters. The number of hydrogen-bond acceptors (Lipinski definition) is 4. The third kappa shape index (κ3) is 2.60. The van der Waals surface area contributed by atoms with E-state index in [0.29, 0.717) is 11.3 Å². The van der Waals surface area contributed by atoms with Crippen LogP contribution in [0.2, 0.25) is 0 Å². The zero-order chi connectivity index (χ0) is 13.4. The van der Waals surface area contributed by atoms with E-state index < -0.39 is 0 Å². The number of aromatic nitrogens is 2. The zero-order valence-electron chi connectivity index (χ0n) is 9.68. The molecule has 0 spiro atoms. The number of thiophene rings is 2. The summed E-state index contributed by atoms with van der Waals surface area (Å²) >= 11 is 11.8. The molecular formula is C12H9BrN2OS3. The minimum atomic E-state index is 0.00405. The Kier molecular flexibility index (Phi) is 3.70. The Hall–Kier alpha value is -0.760. The molecule has 0 amide bonds. The molecule has 3 aromatic heterocycles. The number of fused-ring (bicyclic) bond motifs is 1. The van der Waals surface area contributed by atoms with Gasteiger partial charge < -0.3 is 4.98 Å². The van der Waals surface area contributed by atoms with Crippen molar-refractivity contribution in [1.29, 1.82) is 0 Å². The molecule has 0 saturated carbocycles. The topological polar surface area (TPSA) is 37.8 Å². The van der Waals surface area contributed by atoms with Crippen molar-refractivity contribution >= 4 is 61.0 Å². The van der Waals surface area contributed by atoms with Gasteiger partial charge in [0.1, 0.15) is 4.70 Å². The summed E-state index contributed by atoms with van der Waals surface area (Å²) in [4.78, 5) is 16.7. The van der Waals surface area contributed by atoms with Crippen LogP contribution in [0.15, 0.2) is 32.2 Å². The van der Waals surface area contributed by atoms with Gasteiger partial charge in [-0.1, -0.05) is 0 Å². The quantitative estimate of drug-likeness (QED) is 0.700. The van der Waals surface area contributed by atoms with Crippen LogP contribution in [0.1, 0.15) is 4.88 Å². The minimum Gasteiger partial charge on any atom is -0.331 e. The molecule has 0 aromatic carbocycles. The molecule has 3 heterocycles. The number of nitrogens with one attached hydrogen (secondary N) is 1. The van der Waals surface area contributed by atoms with Crippen LogP contribution in [0.25, 0.3) is 10.2 Å². The van der Waals surface area contributed by atoms with Crippen molar-refractivity contribution in [3.63, 3.8) is 0 Å². The van der Waals surface area contributed by atoms with Crippen LogP contribution >= 0.6 is 50.8 Å². The molecule has 1 N–H and O–H groups in total. The Balaban J connectivity index is 1.96. The van der Waals surface area contributed by atoms with Gasteiger partial charge in [0.05, 0.1) is 9.30 Å². The van der Waals surface area contributed by atoms with Crippen LogP contribution in [0.4, 0.5) is 0 Å². The normalized spacial score (nSPS) is 11.2. The number of aromatic amines is 1. The Morgan fingerprint density at radius 3 is 2.95 bits per heavy atom. The van der Waals surface area contributed by atoms with Gasteiger partial charge in [-0.15, -0.1) is 22.7 Å². The van der Waals surface area contributed by atoms with Gasteiger partial charge in [-0.05, 0) is 58.1 Å². The van der Waals surface area contributed by atoms with Crippen LogP contribution in [0, 0.1) is 4.77 Å². The van der Waals surface area contributed by atoms with Crippen molar-refractivity contribution in [3.8, 4) is 0 Å². The smallest absolute Gasteiger partial charge is 0.272 e. The predicted molar refractivity (Wildman–Crippen MR) is 87.0 cm³/mol. The van der Waals surface area contributed by atoms with Crippen LogP contribution in [-0.2, 0) is 13.0 Å². The van der Waals surface area contributed by atoms with E-state index in [1.165, 1.54) is 16.2 Å². The summed E-state index contributed by atoms with van der Waals surface area (Å²) in [5.74, 6) is 0. The van der Waals surface area contributed by atoms with Crippen LogP contribution in [-0.4, -0.2) is 9.55 Å². The van der Waals surface area contributed by atoms with Crippen molar-refractivity contribution in [2.75, 3.05) is 0 Å². The Labute approximate surface area is 130 Å². The lowest BCUT2D eigenvalue weighted by molar-refractivity contribution is 0.658. The van der Waals surface area contributed by atoms with Crippen LogP contribution in [0.5, 0.6) is 0 Å². The van der Waals surface area contributed by atoms with Crippen molar-refractivity contribution in [2.24, 2.45) is 0 Å². The van der Waals surface area contributed by atoms with Crippen molar-refractivity contribution in [1.82, 2.24) is 9.55 Å². The number of rotatable bonds is 3. The fourth-order valence-corrected chi connectivity index (χ4v) is 4.44. The molecule has 0 radical (unpaired) electrons. The van der Waals surface area contributed by atoms with E-state index >= 15 is 0 Å². The summed E-state index contributed by atoms with van der Waals surface area (Å²) < 4.78 is 3.98. The molecule has 3 rings (SSSR count). The molecule has 3 aromatic rings. The molecule has 98 valence electrons. The summed E-state index contributed by atoms with van der Waals surface area (Å²) in [6.45, 7) is 0.606. The van der Waals surface area contributed by atoms with Gasteiger partial charge in [0.25, 0.3) is 5.56 Å². The highest BCUT2D eigenvalue weighted by atomic mass is 79.9. The first-order valence-electron chi connectivity index (χ1n) is 5.59. The first-order valence-corrected chi connectivity index (χ1v) is 8.49. The third-order valence-corrected chi connectivity index (χ3v) is 5.71. The number of aryl methyl sites for hydroxylation is 1. The summed E-state index contributed by atoms with van der Waals surface area (Å²) in [6.07, 6.45) is 0.810. The highest BCUT2D eigenvalue weighted by Gasteiger charge is 2.07. The monoisotopic (exact) mass is 372 g/mol. The molecule has 0 aliphatic carbocycles. The largest absolute Gasteiger partial charge is 0.331 e. The molecule has 19 heavy (non-hydrogen) atoms. The zero-order valence-corrected chi connectivity index (χ0v) is 13.7. The predicted octanol–water partition coefficient (Wildman–Crippen LogP) is 4.19. The first kappa shape index (κ1) is 13.2. The van der Waals surface area contributed by atoms with Crippen molar-refractivity contribution in [2.45, 2.75) is 13.0 Å². The second kappa shape index (κ2) is 5.32. The maximum absolute atomic E-state index is 12.3. The summed E-state index contributed by atoms with van der Waals surface area (Å²) in [7, 11) is 0. The minimum absolute atomic E-state index is 0.00405. The summed E-state index contributed by atoms with van der Waals surface area (Å²) in [6, 6.07) is 5.97. The van der Waals surface area contributed by atoms with Crippen molar-refractivity contribution < 1.29 is 0 Å². The van der Waals surface area contributed by atoms with E-state index in [0.717, 1.165) is 20.4 Å².